The molecule has 3 N–H and O–H groups in total. The maximum Gasteiger partial charge on any atom is 0.282 e. The fourth-order valence-electron chi connectivity index (χ4n) is 3.18. The number of nitrogens with one attached hydrogen (secondary N) is 1. The van der Waals surface area contributed by atoms with Crippen LogP contribution in [0.1, 0.15) is 32.6 Å². The van der Waals surface area contributed by atoms with E-state index in [4.69, 9.17) is 11.1 Å². The second kappa shape index (κ2) is 7.04. The number of piperidine rings is 1. The Morgan fingerprint density at radius 2 is 1.57 bits per heavy atom. The Labute approximate surface area is 127 Å². The first-order valence-electron chi connectivity index (χ1n) is 7.80. The lowest BCUT2D eigenvalue weighted by atomic mass is 10.1. The van der Waals surface area contributed by atoms with Gasteiger partial charge in [0.05, 0.1) is 6.04 Å². The summed E-state index contributed by atoms with van der Waals surface area (Å²) in [5.41, 5.74) is 5.62. The lowest BCUT2D eigenvalue weighted by molar-refractivity contribution is 0.157. The highest BCUT2D eigenvalue weighted by atomic mass is 32.2. The summed E-state index contributed by atoms with van der Waals surface area (Å²) in [5.74, 6) is 0.171. The predicted octanol–water partition coefficient (Wildman–Crippen LogP) is 0.0493. The first kappa shape index (κ1) is 16.7. The van der Waals surface area contributed by atoms with Gasteiger partial charge >= 0.3 is 0 Å². The minimum atomic E-state index is -3.31. The zero-order valence-corrected chi connectivity index (χ0v) is 13.6. The fraction of sp³-hybridized carbons (Fsp3) is 0.923. The summed E-state index contributed by atoms with van der Waals surface area (Å²) < 4.78 is 28.4. The minimum Gasteiger partial charge on any atom is -0.386 e. The van der Waals surface area contributed by atoms with Gasteiger partial charge in [-0.25, -0.2) is 0 Å². The largest absolute Gasteiger partial charge is 0.386 e. The third kappa shape index (κ3) is 3.74. The van der Waals surface area contributed by atoms with Crippen LogP contribution in [0, 0.1) is 5.41 Å². The van der Waals surface area contributed by atoms with Gasteiger partial charge in [0.1, 0.15) is 5.84 Å². The first-order chi connectivity index (χ1) is 9.96. The van der Waals surface area contributed by atoms with Crippen LogP contribution in [-0.4, -0.2) is 73.1 Å². The van der Waals surface area contributed by atoms with Crippen molar-refractivity contribution >= 4 is 16.0 Å². The lowest BCUT2D eigenvalue weighted by Crippen LogP contribution is -2.57. The Morgan fingerprint density at radius 3 is 2.05 bits per heavy atom. The predicted molar refractivity (Wildman–Crippen MR) is 83.5 cm³/mol. The molecule has 0 bridgehead atoms. The Balaban J connectivity index is 1.95. The molecule has 2 aliphatic heterocycles. The normalized spacial score (nSPS) is 24.8. The molecular formula is C13H27N5O2S. The molecule has 0 saturated carbocycles. The number of nitrogens with two attached hydrogens (primary N) is 1. The Morgan fingerprint density at radius 1 is 1.05 bits per heavy atom. The SMILES string of the molecule is CCC(C(=N)N)N1CCN(S(=O)(=O)N2CCCCC2)CC1. The van der Waals surface area contributed by atoms with Crippen LogP contribution in [0.5, 0.6) is 0 Å². The molecule has 21 heavy (non-hydrogen) atoms. The number of amidine groups is 1. The maximum atomic E-state index is 12.6. The van der Waals surface area contributed by atoms with Crippen molar-refractivity contribution in [3.8, 4) is 0 Å². The molecule has 0 aromatic carbocycles. The standard InChI is InChI=1S/C13H27N5O2S/c1-2-12(13(14)15)16-8-10-18(11-9-16)21(19,20)17-6-4-3-5-7-17/h12H,2-11H2,1H3,(H3,14,15). The van der Waals surface area contributed by atoms with E-state index in [1.807, 2.05) is 6.92 Å². The van der Waals surface area contributed by atoms with Gasteiger partial charge in [0, 0.05) is 39.3 Å². The smallest absolute Gasteiger partial charge is 0.282 e. The molecule has 0 aliphatic carbocycles. The van der Waals surface area contributed by atoms with Crippen molar-refractivity contribution in [3.05, 3.63) is 0 Å². The number of hydrogen-bond donors (Lipinski definition) is 2. The summed E-state index contributed by atoms with van der Waals surface area (Å²) in [6, 6.07) is -0.0650. The van der Waals surface area contributed by atoms with Crippen LogP contribution in [0.15, 0.2) is 0 Å². The van der Waals surface area contributed by atoms with Crippen LogP contribution in [-0.2, 0) is 10.2 Å². The highest BCUT2D eigenvalue weighted by Gasteiger charge is 2.34. The highest BCUT2D eigenvalue weighted by Crippen LogP contribution is 2.19. The van der Waals surface area contributed by atoms with Crippen LogP contribution in [0.4, 0.5) is 0 Å². The molecule has 7 nitrogen and oxygen atoms in total. The summed E-state index contributed by atoms with van der Waals surface area (Å²) in [7, 11) is -3.31. The van der Waals surface area contributed by atoms with Crippen molar-refractivity contribution in [2.24, 2.45) is 5.73 Å². The summed E-state index contributed by atoms with van der Waals surface area (Å²) in [5, 5.41) is 7.62. The quantitative estimate of drug-likeness (QED) is 0.553. The van der Waals surface area contributed by atoms with E-state index in [0.717, 1.165) is 25.7 Å². The van der Waals surface area contributed by atoms with Gasteiger partial charge in [-0.1, -0.05) is 13.3 Å². The van der Waals surface area contributed by atoms with E-state index < -0.39 is 10.2 Å². The van der Waals surface area contributed by atoms with Gasteiger partial charge in [0.2, 0.25) is 0 Å². The van der Waals surface area contributed by atoms with Gasteiger partial charge in [-0.3, -0.25) is 10.3 Å². The zero-order chi connectivity index (χ0) is 15.5. The Kier molecular flexibility index (Phi) is 5.59. The van der Waals surface area contributed by atoms with Gasteiger partial charge in [0.15, 0.2) is 0 Å². The summed E-state index contributed by atoms with van der Waals surface area (Å²) in [4.78, 5) is 2.12. The first-order valence-corrected chi connectivity index (χ1v) is 9.19. The third-order valence-electron chi connectivity index (χ3n) is 4.43. The topological polar surface area (TPSA) is 93.7 Å². The van der Waals surface area contributed by atoms with E-state index in [9.17, 15) is 8.42 Å². The molecule has 0 spiro atoms. The van der Waals surface area contributed by atoms with Crippen molar-refractivity contribution in [2.75, 3.05) is 39.3 Å². The molecule has 0 radical (unpaired) electrons. The van der Waals surface area contributed by atoms with Crippen LogP contribution < -0.4 is 5.73 Å². The molecule has 2 aliphatic rings. The van der Waals surface area contributed by atoms with Crippen molar-refractivity contribution < 1.29 is 8.42 Å². The van der Waals surface area contributed by atoms with Gasteiger partial charge in [-0.15, -0.1) is 0 Å². The van der Waals surface area contributed by atoms with E-state index in [-0.39, 0.29) is 11.9 Å². The monoisotopic (exact) mass is 317 g/mol. The number of piperazine rings is 1. The highest BCUT2D eigenvalue weighted by molar-refractivity contribution is 7.86. The molecule has 1 atom stereocenters. The molecule has 2 fully saturated rings. The summed E-state index contributed by atoms with van der Waals surface area (Å²) in [6.45, 7) is 5.56. The van der Waals surface area contributed by atoms with Crippen LogP contribution >= 0.6 is 0 Å². The molecule has 2 saturated heterocycles. The van der Waals surface area contributed by atoms with E-state index in [2.05, 4.69) is 4.90 Å². The van der Waals surface area contributed by atoms with Gasteiger partial charge in [-0.05, 0) is 19.3 Å². The molecule has 2 heterocycles. The molecule has 122 valence electrons. The summed E-state index contributed by atoms with van der Waals surface area (Å²) in [6.07, 6.45) is 3.83. The molecule has 8 heteroatoms. The van der Waals surface area contributed by atoms with Crippen molar-refractivity contribution in [1.82, 2.24) is 13.5 Å². The van der Waals surface area contributed by atoms with Crippen LogP contribution in [0.2, 0.25) is 0 Å². The van der Waals surface area contributed by atoms with E-state index in [0.29, 0.717) is 39.3 Å². The summed E-state index contributed by atoms with van der Waals surface area (Å²) >= 11 is 0. The van der Waals surface area contributed by atoms with Crippen molar-refractivity contribution in [2.45, 2.75) is 38.6 Å². The second-order valence-corrected chi connectivity index (χ2v) is 7.71. The van der Waals surface area contributed by atoms with Gasteiger partial charge in [0.25, 0.3) is 10.2 Å². The molecule has 2 rings (SSSR count). The van der Waals surface area contributed by atoms with Gasteiger partial charge in [-0.2, -0.15) is 17.0 Å². The van der Waals surface area contributed by atoms with Gasteiger partial charge < -0.3 is 5.73 Å². The van der Waals surface area contributed by atoms with Crippen molar-refractivity contribution in [3.63, 3.8) is 0 Å². The zero-order valence-electron chi connectivity index (χ0n) is 12.8. The minimum absolute atomic E-state index is 0.0650. The maximum absolute atomic E-state index is 12.6. The molecule has 0 aromatic rings. The third-order valence-corrected chi connectivity index (χ3v) is 6.46. The molecule has 1 unspecified atom stereocenters. The Bertz CT molecular complexity index is 453. The fourth-order valence-corrected chi connectivity index (χ4v) is 4.85. The van der Waals surface area contributed by atoms with E-state index in [1.165, 1.54) is 0 Å². The number of hydrogen-bond acceptors (Lipinski definition) is 4. The van der Waals surface area contributed by atoms with Crippen LogP contribution in [0.3, 0.4) is 0 Å². The lowest BCUT2D eigenvalue weighted by Gasteiger charge is -2.40. The van der Waals surface area contributed by atoms with E-state index >= 15 is 0 Å². The number of nitrogens with zero attached hydrogens (tertiary/aromatic N) is 3. The molecule has 0 aromatic heterocycles. The average molecular weight is 317 g/mol. The molecular weight excluding hydrogens is 290 g/mol. The van der Waals surface area contributed by atoms with Crippen LogP contribution in [0.25, 0.3) is 0 Å². The van der Waals surface area contributed by atoms with E-state index in [1.54, 1.807) is 8.61 Å². The van der Waals surface area contributed by atoms with Crippen molar-refractivity contribution in [1.29, 1.82) is 5.41 Å². The second-order valence-electron chi connectivity index (χ2n) is 5.78. The number of rotatable bonds is 5. The Hall–Kier alpha value is -0.700. The molecule has 0 amide bonds. The average Bonchev–Trinajstić information content (AvgIpc) is 2.49.